The lowest BCUT2D eigenvalue weighted by molar-refractivity contribution is 0.411. The van der Waals surface area contributed by atoms with E-state index < -0.39 is 0 Å². The number of methoxy groups -OCH3 is 1. The van der Waals surface area contributed by atoms with E-state index in [1.54, 1.807) is 18.4 Å². The third-order valence-corrected chi connectivity index (χ3v) is 3.84. The molecule has 0 unspecified atom stereocenters. The molecule has 0 saturated carbocycles. The first-order valence-electron chi connectivity index (χ1n) is 6.38. The van der Waals surface area contributed by atoms with Crippen molar-refractivity contribution in [2.24, 2.45) is 0 Å². The van der Waals surface area contributed by atoms with Crippen molar-refractivity contribution in [3.8, 4) is 16.3 Å². The summed E-state index contributed by atoms with van der Waals surface area (Å²) in [5.41, 5.74) is 3.39. The molecule has 102 valence electrons. The highest BCUT2D eigenvalue weighted by atomic mass is 32.1. The van der Waals surface area contributed by atoms with E-state index in [1.807, 2.05) is 13.0 Å². The Morgan fingerprint density at radius 2 is 2.00 bits per heavy atom. The van der Waals surface area contributed by atoms with Gasteiger partial charge < -0.3 is 10.1 Å². The van der Waals surface area contributed by atoms with E-state index in [9.17, 15) is 0 Å². The van der Waals surface area contributed by atoms with Crippen LogP contribution in [0.1, 0.15) is 24.5 Å². The summed E-state index contributed by atoms with van der Waals surface area (Å²) in [6.07, 6.45) is 1.08. The zero-order valence-corrected chi connectivity index (χ0v) is 12.6. The summed E-state index contributed by atoms with van der Waals surface area (Å²) >= 11 is 1.59. The maximum atomic E-state index is 5.33. The van der Waals surface area contributed by atoms with Crippen LogP contribution in [0.2, 0.25) is 0 Å². The van der Waals surface area contributed by atoms with E-state index in [4.69, 9.17) is 4.74 Å². The van der Waals surface area contributed by atoms with Gasteiger partial charge >= 0.3 is 0 Å². The minimum absolute atomic E-state index is 0.879. The summed E-state index contributed by atoms with van der Waals surface area (Å²) in [7, 11) is 1.69. The summed E-state index contributed by atoms with van der Waals surface area (Å²) in [6, 6.07) is 4.16. The van der Waals surface area contributed by atoms with Crippen LogP contribution in [0.15, 0.2) is 12.1 Å². The highest BCUT2D eigenvalue weighted by Crippen LogP contribution is 2.32. The molecule has 0 amide bonds. The molecule has 0 bridgehead atoms. The molecule has 0 radical (unpaired) electrons. The highest BCUT2D eigenvalue weighted by Gasteiger charge is 2.11. The number of anilines is 1. The van der Waals surface area contributed by atoms with Crippen molar-refractivity contribution >= 4 is 16.5 Å². The van der Waals surface area contributed by atoms with Crippen LogP contribution >= 0.6 is 11.3 Å². The Morgan fingerprint density at radius 3 is 2.68 bits per heavy atom. The Kier molecular flexibility index (Phi) is 4.37. The van der Waals surface area contributed by atoms with Gasteiger partial charge in [-0.1, -0.05) is 18.3 Å². The summed E-state index contributed by atoms with van der Waals surface area (Å²) < 4.78 is 5.33. The summed E-state index contributed by atoms with van der Waals surface area (Å²) in [5.74, 6) is 0.912. The number of hydrogen-bond acceptors (Lipinski definition) is 5. The second kappa shape index (κ2) is 6.02. The van der Waals surface area contributed by atoms with Crippen molar-refractivity contribution in [3.05, 3.63) is 23.3 Å². The first kappa shape index (κ1) is 13.8. The average Bonchev–Trinajstić information content (AvgIpc) is 2.87. The van der Waals surface area contributed by atoms with Gasteiger partial charge in [0, 0.05) is 12.1 Å². The molecular formula is C14H19N3OS. The molecular weight excluding hydrogens is 258 g/mol. The van der Waals surface area contributed by atoms with Gasteiger partial charge in [0.25, 0.3) is 0 Å². The molecule has 2 rings (SSSR count). The monoisotopic (exact) mass is 277 g/mol. The van der Waals surface area contributed by atoms with E-state index in [2.05, 4.69) is 35.4 Å². The number of aryl methyl sites for hydroxylation is 2. The van der Waals surface area contributed by atoms with Gasteiger partial charge in [0.15, 0.2) is 0 Å². The minimum atomic E-state index is 0.879. The third-order valence-electron chi connectivity index (χ3n) is 2.92. The smallest absolute Gasteiger partial charge is 0.206 e. The number of rotatable bonds is 5. The van der Waals surface area contributed by atoms with E-state index in [-0.39, 0.29) is 0 Å². The van der Waals surface area contributed by atoms with Crippen LogP contribution in [0, 0.1) is 13.8 Å². The maximum absolute atomic E-state index is 5.33. The van der Waals surface area contributed by atoms with Gasteiger partial charge in [-0.05, 0) is 43.5 Å². The van der Waals surface area contributed by atoms with Crippen LogP contribution in [0.25, 0.3) is 10.6 Å². The Balaban J connectivity index is 2.31. The molecule has 0 aliphatic carbocycles. The van der Waals surface area contributed by atoms with Gasteiger partial charge in [-0.15, -0.1) is 10.2 Å². The Bertz CT molecular complexity index is 566. The van der Waals surface area contributed by atoms with Crippen LogP contribution in [0.3, 0.4) is 0 Å². The van der Waals surface area contributed by atoms with Crippen LogP contribution < -0.4 is 10.1 Å². The van der Waals surface area contributed by atoms with Gasteiger partial charge in [0.2, 0.25) is 5.13 Å². The number of hydrogen-bond donors (Lipinski definition) is 1. The largest absolute Gasteiger partial charge is 0.496 e. The standard InChI is InChI=1S/C14H19N3OS/c1-5-6-15-14-17-16-13(19-14)11-7-10(3)12(18-4)8-9(11)2/h7-8H,5-6H2,1-4H3,(H,15,17). The second-order valence-corrected chi connectivity index (χ2v) is 5.45. The lowest BCUT2D eigenvalue weighted by Gasteiger charge is -2.08. The zero-order chi connectivity index (χ0) is 13.8. The molecule has 0 fully saturated rings. The van der Waals surface area contributed by atoms with Crippen molar-refractivity contribution < 1.29 is 4.74 Å². The van der Waals surface area contributed by atoms with Crippen molar-refractivity contribution in [3.63, 3.8) is 0 Å². The lowest BCUT2D eigenvalue weighted by atomic mass is 10.1. The van der Waals surface area contributed by atoms with Crippen LogP contribution in [0.4, 0.5) is 5.13 Å². The topological polar surface area (TPSA) is 47.0 Å². The quantitative estimate of drug-likeness (QED) is 0.906. The SMILES string of the molecule is CCCNc1nnc(-c2cc(C)c(OC)cc2C)s1. The number of ether oxygens (including phenoxy) is 1. The summed E-state index contributed by atoms with van der Waals surface area (Å²) in [4.78, 5) is 0. The van der Waals surface area contributed by atoms with Crippen molar-refractivity contribution in [1.82, 2.24) is 10.2 Å². The molecule has 0 spiro atoms. The van der Waals surface area contributed by atoms with Crippen LogP contribution in [-0.4, -0.2) is 23.9 Å². The number of aromatic nitrogens is 2. The number of benzene rings is 1. The van der Waals surface area contributed by atoms with Crippen molar-refractivity contribution in [1.29, 1.82) is 0 Å². The fourth-order valence-corrected chi connectivity index (χ4v) is 2.73. The van der Waals surface area contributed by atoms with Gasteiger partial charge in [-0.3, -0.25) is 0 Å². The van der Waals surface area contributed by atoms with E-state index in [1.165, 1.54) is 0 Å². The molecule has 4 nitrogen and oxygen atoms in total. The van der Waals surface area contributed by atoms with E-state index in [0.29, 0.717) is 0 Å². The molecule has 5 heteroatoms. The molecule has 0 aliphatic heterocycles. The molecule has 0 aliphatic rings. The normalized spacial score (nSPS) is 10.5. The Hall–Kier alpha value is -1.62. The molecule has 1 N–H and O–H groups in total. The highest BCUT2D eigenvalue weighted by molar-refractivity contribution is 7.18. The summed E-state index contributed by atoms with van der Waals surface area (Å²) in [5, 5.41) is 13.5. The van der Waals surface area contributed by atoms with E-state index in [0.717, 1.165) is 45.5 Å². The molecule has 1 heterocycles. The molecule has 1 aromatic carbocycles. The maximum Gasteiger partial charge on any atom is 0.206 e. The second-order valence-electron chi connectivity index (χ2n) is 4.48. The molecule has 19 heavy (non-hydrogen) atoms. The third kappa shape index (κ3) is 3.04. The first-order chi connectivity index (χ1) is 9.15. The Morgan fingerprint density at radius 1 is 1.21 bits per heavy atom. The first-order valence-corrected chi connectivity index (χ1v) is 7.20. The van der Waals surface area contributed by atoms with Gasteiger partial charge in [-0.2, -0.15) is 0 Å². The minimum Gasteiger partial charge on any atom is -0.496 e. The fourth-order valence-electron chi connectivity index (χ4n) is 1.88. The van der Waals surface area contributed by atoms with Crippen molar-refractivity contribution in [2.45, 2.75) is 27.2 Å². The van der Waals surface area contributed by atoms with Crippen LogP contribution in [-0.2, 0) is 0 Å². The van der Waals surface area contributed by atoms with E-state index >= 15 is 0 Å². The lowest BCUT2D eigenvalue weighted by Crippen LogP contribution is -1.98. The molecule has 2 aromatic rings. The molecule has 0 saturated heterocycles. The van der Waals surface area contributed by atoms with Gasteiger partial charge in [0.05, 0.1) is 7.11 Å². The number of nitrogens with one attached hydrogen (secondary N) is 1. The van der Waals surface area contributed by atoms with Crippen LogP contribution in [0.5, 0.6) is 5.75 Å². The summed E-state index contributed by atoms with van der Waals surface area (Å²) in [6.45, 7) is 7.16. The molecule has 0 atom stereocenters. The predicted octanol–water partition coefficient (Wildman–Crippen LogP) is 3.65. The predicted molar refractivity (Wildman–Crippen MR) is 80.2 cm³/mol. The average molecular weight is 277 g/mol. The Labute approximate surface area is 117 Å². The van der Waals surface area contributed by atoms with Gasteiger partial charge in [0.1, 0.15) is 10.8 Å². The van der Waals surface area contributed by atoms with Gasteiger partial charge in [-0.25, -0.2) is 0 Å². The fraction of sp³-hybridized carbons (Fsp3) is 0.429. The number of nitrogens with zero attached hydrogens (tertiary/aromatic N) is 2. The zero-order valence-electron chi connectivity index (χ0n) is 11.8. The van der Waals surface area contributed by atoms with Crippen molar-refractivity contribution in [2.75, 3.05) is 19.0 Å². The molecule has 1 aromatic heterocycles.